The number of esters is 1. The Labute approximate surface area is 142 Å². The number of fused-ring (bicyclic) bond motifs is 1. The Hall–Kier alpha value is -2.21. The average Bonchev–Trinajstić information content (AvgIpc) is 2.88. The molecular formula is C17H15BrN2O3. The van der Waals surface area contributed by atoms with Crippen LogP contribution >= 0.6 is 15.9 Å². The number of pyridine rings is 1. The lowest BCUT2D eigenvalue weighted by molar-refractivity contribution is -0.122. The topological polar surface area (TPSA) is 59.5 Å². The molecule has 0 spiro atoms. The molecule has 1 amide bonds. The lowest BCUT2D eigenvalue weighted by Crippen LogP contribution is -2.38. The molecule has 0 saturated carbocycles. The third-order valence-electron chi connectivity index (χ3n) is 3.74. The number of para-hydroxylation sites is 1. The normalized spacial score (nSPS) is 16.1. The molecule has 3 rings (SSSR count). The van der Waals surface area contributed by atoms with Crippen LogP contribution in [0.4, 0.5) is 5.69 Å². The third-order valence-corrected chi connectivity index (χ3v) is 4.18. The molecule has 0 N–H and O–H groups in total. The highest BCUT2D eigenvalue weighted by molar-refractivity contribution is 9.10. The highest BCUT2D eigenvalue weighted by Crippen LogP contribution is 2.31. The molecular weight excluding hydrogens is 360 g/mol. The number of halogens is 1. The molecule has 0 bridgehead atoms. The van der Waals surface area contributed by atoms with Crippen LogP contribution in [0, 0.1) is 0 Å². The lowest BCUT2D eigenvalue weighted by atomic mass is 10.1. The number of carbonyl (C=O) groups is 2. The summed E-state index contributed by atoms with van der Waals surface area (Å²) < 4.78 is 5.81. The number of rotatable bonds is 3. The summed E-state index contributed by atoms with van der Waals surface area (Å²) in [7, 11) is 0. The van der Waals surface area contributed by atoms with E-state index < -0.39 is 5.97 Å². The van der Waals surface area contributed by atoms with Crippen LogP contribution in [0.15, 0.2) is 47.2 Å². The minimum atomic E-state index is -0.563. The van der Waals surface area contributed by atoms with E-state index in [1.165, 1.54) is 6.20 Å². The first-order chi connectivity index (χ1) is 11.1. The van der Waals surface area contributed by atoms with Gasteiger partial charge in [0, 0.05) is 28.6 Å². The van der Waals surface area contributed by atoms with Crippen molar-refractivity contribution in [1.29, 1.82) is 0 Å². The van der Waals surface area contributed by atoms with E-state index in [0.29, 0.717) is 10.0 Å². The van der Waals surface area contributed by atoms with Crippen LogP contribution in [-0.4, -0.2) is 29.5 Å². The minimum absolute atomic E-state index is 0.0612. The van der Waals surface area contributed by atoms with Crippen LogP contribution < -0.4 is 4.90 Å². The van der Waals surface area contributed by atoms with Gasteiger partial charge in [-0.25, -0.2) is 4.79 Å². The Kier molecular flexibility index (Phi) is 4.43. The highest BCUT2D eigenvalue weighted by atomic mass is 79.9. The van der Waals surface area contributed by atoms with Crippen molar-refractivity contribution in [3.8, 4) is 0 Å². The molecule has 5 nitrogen and oxygen atoms in total. The minimum Gasteiger partial charge on any atom is -0.452 e. The van der Waals surface area contributed by atoms with Gasteiger partial charge in [0.25, 0.3) is 5.91 Å². The monoisotopic (exact) mass is 374 g/mol. The van der Waals surface area contributed by atoms with E-state index in [1.54, 1.807) is 17.2 Å². The number of carbonyl (C=O) groups excluding carboxylic acids is 2. The fourth-order valence-electron chi connectivity index (χ4n) is 2.75. The van der Waals surface area contributed by atoms with E-state index in [4.69, 9.17) is 4.74 Å². The SMILES string of the molecule is CC1Cc2ccccc2N1C(=O)COC(=O)c1cncc(Br)c1. The van der Waals surface area contributed by atoms with Gasteiger partial charge in [-0.15, -0.1) is 0 Å². The Balaban J connectivity index is 1.67. The fraction of sp³-hybridized carbons (Fsp3) is 0.235. The smallest absolute Gasteiger partial charge is 0.340 e. The molecule has 0 saturated heterocycles. The van der Waals surface area contributed by atoms with Gasteiger partial charge in [-0.3, -0.25) is 9.78 Å². The number of aromatic nitrogens is 1. The first-order valence-corrected chi connectivity index (χ1v) is 8.03. The van der Waals surface area contributed by atoms with Gasteiger partial charge >= 0.3 is 5.97 Å². The fourth-order valence-corrected chi connectivity index (χ4v) is 3.11. The zero-order valence-corrected chi connectivity index (χ0v) is 14.1. The number of amides is 1. The van der Waals surface area contributed by atoms with E-state index in [-0.39, 0.29) is 18.6 Å². The second-order valence-corrected chi connectivity index (χ2v) is 6.33. The van der Waals surface area contributed by atoms with Crippen LogP contribution in [-0.2, 0) is 16.0 Å². The van der Waals surface area contributed by atoms with Crippen molar-refractivity contribution < 1.29 is 14.3 Å². The van der Waals surface area contributed by atoms with Gasteiger partial charge in [0.1, 0.15) is 0 Å². The van der Waals surface area contributed by atoms with Crippen molar-refractivity contribution >= 4 is 33.5 Å². The predicted molar refractivity (Wildman–Crippen MR) is 89.3 cm³/mol. The number of benzene rings is 1. The zero-order chi connectivity index (χ0) is 16.4. The van der Waals surface area contributed by atoms with E-state index >= 15 is 0 Å². The summed E-state index contributed by atoms with van der Waals surface area (Å²) in [5.74, 6) is -0.786. The van der Waals surface area contributed by atoms with Crippen molar-refractivity contribution in [3.05, 3.63) is 58.3 Å². The van der Waals surface area contributed by atoms with Crippen LogP contribution in [0.25, 0.3) is 0 Å². The summed E-state index contributed by atoms with van der Waals surface area (Å²) in [6, 6.07) is 9.45. The summed E-state index contributed by atoms with van der Waals surface area (Å²) in [6.07, 6.45) is 3.79. The van der Waals surface area contributed by atoms with Gasteiger partial charge in [-0.1, -0.05) is 18.2 Å². The molecule has 1 unspecified atom stereocenters. The average molecular weight is 375 g/mol. The molecule has 6 heteroatoms. The number of hydrogen-bond acceptors (Lipinski definition) is 4. The molecule has 2 aromatic rings. The largest absolute Gasteiger partial charge is 0.452 e. The molecule has 0 fully saturated rings. The maximum Gasteiger partial charge on any atom is 0.340 e. The molecule has 1 aromatic heterocycles. The van der Waals surface area contributed by atoms with Crippen molar-refractivity contribution in [3.63, 3.8) is 0 Å². The van der Waals surface area contributed by atoms with Crippen molar-refractivity contribution in [1.82, 2.24) is 4.98 Å². The van der Waals surface area contributed by atoms with Crippen molar-refractivity contribution in [2.45, 2.75) is 19.4 Å². The van der Waals surface area contributed by atoms with Gasteiger partial charge in [0.15, 0.2) is 6.61 Å². The first kappa shape index (κ1) is 15.7. The van der Waals surface area contributed by atoms with Gasteiger partial charge in [0.2, 0.25) is 0 Å². The van der Waals surface area contributed by atoms with Gasteiger partial charge in [-0.05, 0) is 47.0 Å². The van der Waals surface area contributed by atoms with Crippen LogP contribution in [0.1, 0.15) is 22.8 Å². The van der Waals surface area contributed by atoms with Crippen molar-refractivity contribution in [2.75, 3.05) is 11.5 Å². The molecule has 0 radical (unpaired) electrons. The van der Waals surface area contributed by atoms with E-state index in [0.717, 1.165) is 17.7 Å². The van der Waals surface area contributed by atoms with Crippen LogP contribution in [0.2, 0.25) is 0 Å². The summed E-state index contributed by atoms with van der Waals surface area (Å²) in [4.78, 5) is 30.0. The van der Waals surface area contributed by atoms with Crippen LogP contribution in [0.3, 0.4) is 0 Å². The maximum absolute atomic E-state index is 12.4. The highest BCUT2D eigenvalue weighted by Gasteiger charge is 2.31. The standard InChI is InChI=1S/C17H15BrN2O3/c1-11-6-12-4-2-3-5-15(12)20(11)16(21)10-23-17(22)13-7-14(18)9-19-8-13/h2-5,7-9,11H,6,10H2,1H3. The summed E-state index contributed by atoms with van der Waals surface area (Å²) >= 11 is 3.24. The Morgan fingerprint density at radius 2 is 2.13 bits per heavy atom. The number of nitrogens with zero attached hydrogens (tertiary/aromatic N) is 2. The molecule has 1 aliphatic heterocycles. The first-order valence-electron chi connectivity index (χ1n) is 7.24. The quantitative estimate of drug-likeness (QED) is 0.774. The van der Waals surface area contributed by atoms with Gasteiger partial charge in [-0.2, -0.15) is 0 Å². The number of ether oxygens (including phenoxy) is 1. The molecule has 1 atom stereocenters. The number of anilines is 1. The number of hydrogen-bond donors (Lipinski definition) is 0. The van der Waals surface area contributed by atoms with Crippen LogP contribution in [0.5, 0.6) is 0 Å². The Morgan fingerprint density at radius 1 is 1.35 bits per heavy atom. The Bertz CT molecular complexity index is 763. The predicted octanol–water partition coefficient (Wildman–Crippen LogP) is 2.98. The second-order valence-electron chi connectivity index (χ2n) is 5.41. The maximum atomic E-state index is 12.4. The molecule has 23 heavy (non-hydrogen) atoms. The Morgan fingerprint density at radius 3 is 2.91 bits per heavy atom. The lowest BCUT2D eigenvalue weighted by Gasteiger charge is -2.22. The third kappa shape index (κ3) is 3.27. The molecule has 1 aliphatic rings. The summed E-state index contributed by atoms with van der Waals surface area (Å²) in [5, 5.41) is 0. The molecule has 0 aliphatic carbocycles. The van der Waals surface area contributed by atoms with Gasteiger partial charge in [0.05, 0.1) is 5.56 Å². The van der Waals surface area contributed by atoms with E-state index in [1.807, 2.05) is 31.2 Å². The van der Waals surface area contributed by atoms with E-state index in [9.17, 15) is 9.59 Å². The molecule has 118 valence electrons. The molecule has 2 heterocycles. The zero-order valence-electron chi connectivity index (χ0n) is 12.5. The molecule has 1 aromatic carbocycles. The summed E-state index contributed by atoms with van der Waals surface area (Å²) in [6.45, 7) is 1.70. The van der Waals surface area contributed by atoms with Crippen molar-refractivity contribution in [2.24, 2.45) is 0 Å². The van der Waals surface area contributed by atoms with Gasteiger partial charge < -0.3 is 9.64 Å². The second kappa shape index (κ2) is 6.50. The van der Waals surface area contributed by atoms with E-state index in [2.05, 4.69) is 20.9 Å². The summed E-state index contributed by atoms with van der Waals surface area (Å²) in [5.41, 5.74) is 2.34.